The minimum atomic E-state index is -3.68. The number of aryl methyl sites for hydroxylation is 3. The van der Waals surface area contributed by atoms with E-state index >= 15 is 0 Å². The van der Waals surface area contributed by atoms with E-state index < -0.39 is 21.6 Å². The van der Waals surface area contributed by atoms with Crippen LogP contribution >= 0.6 is 11.6 Å². The second-order valence-corrected chi connectivity index (χ2v) is 10.2. The number of sulfone groups is 1. The van der Waals surface area contributed by atoms with Crippen LogP contribution in [0.4, 0.5) is 4.39 Å². The average molecular weight is 450 g/mol. The fourth-order valence-electron chi connectivity index (χ4n) is 4.51. The Kier molecular flexibility index (Phi) is 5.36. The molecule has 0 radical (unpaired) electrons. The Labute approximate surface area is 179 Å². The van der Waals surface area contributed by atoms with Crippen molar-refractivity contribution in [2.45, 2.75) is 43.0 Å². The number of halogens is 2. The summed E-state index contributed by atoms with van der Waals surface area (Å²) in [6, 6.07) is 9.82. The summed E-state index contributed by atoms with van der Waals surface area (Å²) in [6.45, 7) is 0.539. The van der Waals surface area contributed by atoms with E-state index in [9.17, 15) is 22.7 Å². The highest BCUT2D eigenvalue weighted by molar-refractivity contribution is 7.91. The molecule has 3 aromatic rings. The molecule has 0 bridgehead atoms. The second kappa shape index (κ2) is 7.71. The Hall–Kier alpha value is -2.38. The molecule has 1 unspecified atom stereocenters. The third-order valence-electron chi connectivity index (χ3n) is 5.72. The largest absolute Gasteiger partial charge is 0.481 e. The molecule has 1 aliphatic heterocycles. The van der Waals surface area contributed by atoms with Crippen molar-refractivity contribution in [3.05, 3.63) is 64.1 Å². The molecule has 1 aromatic heterocycles. The number of nitrogens with zero attached hydrogens (tertiary/aromatic N) is 1. The van der Waals surface area contributed by atoms with Crippen LogP contribution in [0.3, 0.4) is 0 Å². The third kappa shape index (κ3) is 3.84. The first-order valence-corrected chi connectivity index (χ1v) is 11.9. The molecule has 1 aliphatic rings. The lowest BCUT2D eigenvalue weighted by Crippen LogP contribution is -2.07. The molecule has 0 amide bonds. The van der Waals surface area contributed by atoms with Crippen molar-refractivity contribution in [2.75, 3.05) is 6.26 Å². The second-order valence-electron chi connectivity index (χ2n) is 7.80. The van der Waals surface area contributed by atoms with E-state index in [1.54, 1.807) is 12.1 Å². The summed E-state index contributed by atoms with van der Waals surface area (Å²) in [7, 11) is -3.68. The van der Waals surface area contributed by atoms with Crippen molar-refractivity contribution in [1.82, 2.24) is 4.57 Å². The lowest BCUT2D eigenvalue weighted by molar-refractivity contribution is -0.137. The maximum Gasteiger partial charge on any atom is 0.304 e. The molecule has 8 heteroatoms. The number of carboxylic acids is 1. The zero-order valence-electron chi connectivity index (χ0n) is 16.4. The fraction of sp³-hybridized carbons (Fsp3) is 0.318. The first-order valence-electron chi connectivity index (χ1n) is 9.66. The van der Waals surface area contributed by atoms with Gasteiger partial charge in [0, 0.05) is 34.8 Å². The molecule has 1 N–H and O–H groups in total. The van der Waals surface area contributed by atoms with Crippen LogP contribution < -0.4 is 0 Å². The van der Waals surface area contributed by atoms with E-state index in [1.807, 2.05) is 16.7 Å². The van der Waals surface area contributed by atoms with Gasteiger partial charge in [-0.3, -0.25) is 4.79 Å². The topological polar surface area (TPSA) is 76.4 Å². The van der Waals surface area contributed by atoms with Gasteiger partial charge in [0.2, 0.25) is 0 Å². The van der Waals surface area contributed by atoms with Gasteiger partial charge in [-0.15, -0.1) is 0 Å². The minimum absolute atomic E-state index is 0.0407. The SMILES string of the molecule is CS(=O)(=O)c1cc(F)cc2c1c(CCc1ccc(Cl)cc1)c1n2CCC1CC(=O)O. The summed E-state index contributed by atoms with van der Waals surface area (Å²) in [6.07, 6.45) is 2.81. The van der Waals surface area contributed by atoms with Gasteiger partial charge < -0.3 is 9.67 Å². The number of aliphatic carboxylic acids is 1. The Morgan fingerprint density at radius 1 is 1.23 bits per heavy atom. The number of fused-ring (bicyclic) bond motifs is 3. The van der Waals surface area contributed by atoms with Gasteiger partial charge in [0.1, 0.15) is 5.82 Å². The highest BCUT2D eigenvalue weighted by Gasteiger charge is 2.33. The van der Waals surface area contributed by atoms with Gasteiger partial charge in [0.05, 0.1) is 16.8 Å². The number of hydrogen-bond acceptors (Lipinski definition) is 3. The number of benzene rings is 2. The molecule has 30 heavy (non-hydrogen) atoms. The third-order valence-corrected chi connectivity index (χ3v) is 7.10. The van der Waals surface area contributed by atoms with Crippen LogP contribution in [-0.4, -0.2) is 30.3 Å². The Morgan fingerprint density at radius 3 is 2.57 bits per heavy atom. The summed E-state index contributed by atoms with van der Waals surface area (Å²) >= 11 is 5.96. The van der Waals surface area contributed by atoms with Crippen molar-refractivity contribution >= 4 is 38.3 Å². The van der Waals surface area contributed by atoms with Crippen molar-refractivity contribution in [2.24, 2.45) is 0 Å². The van der Waals surface area contributed by atoms with E-state index in [4.69, 9.17) is 11.6 Å². The molecule has 2 aromatic carbocycles. The zero-order valence-corrected chi connectivity index (χ0v) is 17.9. The van der Waals surface area contributed by atoms with E-state index in [1.165, 1.54) is 6.07 Å². The van der Waals surface area contributed by atoms with Crippen LogP contribution in [0.1, 0.15) is 35.6 Å². The van der Waals surface area contributed by atoms with Crippen LogP contribution in [-0.2, 0) is 34.0 Å². The van der Waals surface area contributed by atoms with Crippen LogP contribution in [0, 0.1) is 5.82 Å². The molecule has 0 spiro atoms. The standard InChI is InChI=1S/C22H21ClFNO4S/c1-30(28,29)19-12-16(24)11-18-21(19)17(7-4-13-2-5-15(23)6-3-13)22-14(10-20(26)27)8-9-25(18)22/h2-3,5-6,11-12,14H,4,7-10H2,1H3,(H,26,27). The lowest BCUT2D eigenvalue weighted by atomic mass is 9.93. The molecule has 0 saturated carbocycles. The van der Waals surface area contributed by atoms with Gasteiger partial charge in [-0.25, -0.2) is 12.8 Å². The number of rotatable bonds is 6. The molecule has 0 fully saturated rings. The van der Waals surface area contributed by atoms with Crippen molar-refractivity contribution < 1.29 is 22.7 Å². The van der Waals surface area contributed by atoms with E-state index in [0.29, 0.717) is 41.7 Å². The molecule has 5 nitrogen and oxygen atoms in total. The van der Waals surface area contributed by atoms with Crippen molar-refractivity contribution in [3.8, 4) is 0 Å². The Morgan fingerprint density at radius 2 is 1.93 bits per heavy atom. The predicted molar refractivity (Wildman–Crippen MR) is 113 cm³/mol. The van der Waals surface area contributed by atoms with Gasteiger partial charge in [-0.05, 0) is 54.7 Å². The van der Waals surface area contributed by atoms with Gasteiger partial charge >= 0.3 is 5.97 Å². The smallest absolute Gasteiger partial charge is 0.304 e. The number of hydrogen-bond donors (Lipinski definition) is 1. The fourth-order valence-corrected chi connectivity index (χ4v) is 5.56. The van der Waals surface area contributed by atoms with E-state index in [2.05, 4.69) is 0 Å². The summed E-state index contributed by atoms with van der Waals surface area (Å²) in [5, 5.41) is 10.5. The molecular weight excluding hydrogens is 429 g/mol. The van der Waals surface area contributed by atoms with Crippen molar-refractivity contribution in [3.63, 3.8) is 0 Å². The minimum Gasteiger partial charge on any atom is -0.481 e. The zero-order chi connectivity index (χ0) is 21.6. The van der Waals surface area contributed by atoms with Crippen LogP contribution in [0.2, 0.25) is 5.02 Å². The van der Waals surface area contributed by atoms with Crippen LogP contribution in [0.25, 0.3) is 10.9 Å². The number of carboxylic acid groups (broad SMARTS) is 1. The van der Waals surface area contributed by atoms with Gasteiger partial charge in [-0.1, -0.05) is 23.7 Å². The monoisotopic (exact) mass is 449 g/mol. The molecule has 0 saturated heterocycles. The highest BCUT2D eigenvalue weighted by Crippen LogP contribution is 2.43. The first kappa shape index (κ1) is 20.9. The van der Waals surface area contributed by atoms with Gasteiger partial charge in [0.25, 0.3) is 0 Å². The average Bonchev–Trinajstić information content (AvgIpc) is 3.18. The van der Waals surface area contributed by atoms with E-state index in [-0.39, 0.29) is 17.2 Å². The van der Waals surface area contributed by atoms with Crippen LogP contribution in [0.15, 0.2) is 41.3 Å². The van der Waals surface area contributed by atoms with Crippen LogP contribution in [0.5, 0.6) is 0 Å². The molecule has 158 valence electrons. The van der Waals surface area contributed by atoms with E-state index in [0.717, 1.165) is 29.1 Å². The normalized spacial score (nSPS) is 16.2. The molecule has 1 atom stereocenters. The van der Waals surface area contributed by atoms with Gasteiger partial charge in [-0.2, -0.15) is 0 Å². The lowest BCUT2D eigenvalue weighted by Gasteiger charge is -2.12. The summed E-state index contributed by atoms with van der Waals surface area (Å²) < 4.78 is 41.1. The quantitative estimate of drug-likeness (QED) is 0.597. The highest BCUT2D eigenvalue weighted by atomic mass is 35.5. The Balaban J connectivity index is 1.91. The summed E-state index contributed by atoms with van der Waals surface area (Å²) in [5.41, 5.74) is 3.16. The molecule has 2 heterocycles. The summed E-state index contributed by atoms with van der Waals surface area (Å²) in [4.78, 5) is 11.4. The summed E-state index contributed by atoms with van der Waals surface area (Å²) in [5.74, 6) is -1.75. The van der Waals surface area contributed by atoms with Gasteiger partial charge in [0.15, 0.2) is 9.84 Å². The molecular formula is C22H21ClFNO4S. The Bertz CT molecular complexity index is 1250. The molecule has 0 aliphatic carbocycles. The first-order chi connectivity index (χ1) is 14.1. The van der Waals surface area contributed by atoms with Crippen molar-refractivity contribution in [1.29, 1.82) is 0 Å². The maximum atomic E-state index is 14.3. The number of aromatic nitrogens is 1. The maximum absolute atomic E-state index is 14.3. The predicted octanol–water partition coefficient (Wildman–Crippen LogP) is 4.58. The molecule has 4 rings (SSSR count). The number of carbonyl (C=O) groups is 1.